The molecule has 0 heterocycles. The highest BCUT2D eigenvalue weighted by molar-refractivity contribution is 7.98. The first kappa shape index (κ1) is 18.2. The third kappa shape index (κ3) is 5.20. The second-order valence-corrected chi connectivity index (χ2v) is 7.03. The van der Waals surface area contributed by atoms with Crippen LogP contribution >= 0.6 is 11.8 Å². The topological polar surface area (TPSA) is 66.8 Å². The fourth-order valence-electron chi connectivity index (χ4n) is 2.12. The second kappa shape index (κ2) is 8.11. The molecule has 0 aromatic heterocycles. The van der Waals surface area contributed by atoms with Crippen LogP contribution < -0.4 is 4.74 Å². The average molecular weight is 346 g/mol. The van der Waals surface area contributed by atoms with Crippen molar-refractivity contribution in [1.29, 1.82) is 0 Å². The number of aliphatic carboxylic acids is 1. The Kier molecular flexibility index (Phi) is 6.15. The summed E-state index contributed by atoms with van der Waals surface area (Å²) in [5.41, 5.74) is 1.16. The van der Waals surface area contributed by atoms with Gasteiger partial charge in [-0.2, -0.15) is 11.8 Å². The first-order chi connectivity index (χ1) is 11.4. The largest absolute Gasteiger partial charge is 0.508 e. The number of hydrogen-bond donors (Lipinski definition) is 2. The van der Waals surface area contributed by atoms with Crippen molar-refractivity contribution in [2.24, 2.45) is 0 Å². The maximum atomic E-state index is 11.6. The van der Waals surface area contributed by atoms with Crippen molar-refractivity contribution in [1.82, 2.24) is 0 Å². The van der Waals surface area contributed by atoms with E-state index in [4.69, 9.17) is 4.74 Å². The Labute approximate surface area is 146 Å². The van der Waals surface area contributed by atoms with Gasteiger partial charge in [-0.3, -0.25) is 0 Å². The highest BCUT2D eigenvalue weighted by Crippen LogP contribution is 2.26. The number of benzene rings is 2. The summed E-state index contributed by atoms with van der Waals surface area (Å²) < 4.78 is 5.66. The molecule has 1 unspecified atom stereocenters. The summed E-state index contributed by atoms with van der Waals surface area (Å²) in [6.45, 7) is 3.63. The van der Waals surface area contributed by atoms with Crippen LogP contribution in [0.2, 0.25) is 0 Å². The number of carboxylic acids is 1. The molecule has 0 saturated heterocycles. The molecule has 1 atom stereocenters. The van der Waals surface area contributed by atoms with Gasteiger partial charge in [0.15, 0.2) is 0 Å². The van der Waals surface area contributed by atoms with Gasteiger partial charge in [0.1, 0.15) is 11.5 Å². The van der Waals surface area contributed by atoms with Crippen molar-refractivity contribution in [2.75, 3.05) is 5.75 Å². The van der Waals surface area contributed by atoms with E-state index >= 15 is 0 Å². The summed E-state index contributed by atoms with van der Waals surface area (Å²) in [6, 6.07) is 14.4. The molecule has 0 aliphatic heterocycles. The number of ether oxygens (including phenoxy) is 1. The molecule has 24 heavy (non-hydrogen) atoms. The number of carboxylic acid groups (broad SMARTS) is 1. The summed E-state index contributed by atoms with van der Waals surface area (Å²) >= 11 is 1.69. The van der Waals surface area contributed by atoms with Gasteiger partial charge in [-0.25, -0.2) is 4.79 Å². The van der Waals surface area contributed by atoms with E-state index in [0.717, 1.165) is 5.75 Å². The maximum absolute atomic E-state index is 11.6. The Morgan fingerprint density at radius 1 is 1.12 bits per heavy atom. The molecule has 2 aromatic rings. The van der Waals surface area contributed by atoms with Gasteiger partial charge in [0.05, 0.1) is 0 Å². The monoisotopic (exact) mass is 346 g/mol. The SMILES string of the molecule is Cc1ccc(CSCCC(C)(Oc2ccc(O)cc2)C(=O)O)cc1. The molecule has 0 aliphatic rings. The van der Waals surface area contributed by atoms with Gasteiger partial charge in [-0.15, -0.1) is 0 Å². The van der Waals surface area contributed by atoms with Gasteiger partial charge in [0.25, 0.3) is 0 Å². The first-order valence-electron chi connectivity index (χ1n) is 7.74. The van der Waals surface area contributed by atoms with Crippen molar-refractivity contribution in [3.05, 3.63) is 59.7 Å². The Morgan fingerprint density at radius 2 is 1.75 bits per heavy atom. The Balaban J connectivity index is 1.89. The molecule has 4 nitrogen and oxygen atoms in total. The molecule has 0 fully saturated rings. The quantitative estimate of drug-likeness (QED) is 0.700. The minimum atomic E-state index is -1.29. The standard InChI is InChI=1S/C19H22O4S/c1-14-3-5-15(6-4-14)13-24-12-11-19(2,18(21)22)23-17-9-7-16(20)8-10-17/h3-10,20H,11-13H2,1-2H3,(H,21,22). The van der Waals surface area contributed by atoms with Crippen LogP contribution in [0.25, 0.3) is 0 Å². The van der Waals surface area contributed by atoms with Gasteiger partial charge < -0.3 is 14.9 Å². The molecule has 0 saturated carbocycles. The number of carbonyl (C=O) groups is 1. The van der Waals surface area contributed by atoms with Gasteiger partial charge in [-0.05, 0) is 49.4 Å². The normalized spacial score (nSPS) is 13.2. The molecular formula is C19H22O4S. The fraction of sp³-hybridized carbons (Fsp3) is 0.316. The van der Waals surface area contributed by atoms with Gasteiger partial charge in [-0.1, -0.05) is 29.8 Å². The highest BCUT2D eigenvalue weighted by Gasteiger charge is 2.35. The molecule has 0 spiro atoms. The van der Waals surface area contributed by atoms with Gasteiger partial charge in [0, 0.05) is 12.2 Å². The fourth-order valence-corrected chi connectivity index (χ4v) is 3.22. The van der Waals surface area contributed by atoms with Gasteiger partial charge >= 0.3 is 5.97 Å². The zero-order chi connectivity index (χ0) is 17.6. The highest BCUT2D eigenvalue weighted by atomic mass is 32.2. The van der Waals surface area contributed by atoms with Crippen molar-refractivity contribution < 1.29 is 19.7 Å². The van der Waals surface area contributed by atoms with E-state index in [1.807, 2.05) is 0 Å². The lowest BCUT2D eigenvalue weighted by molar-refractivity contribution is -0.153. The van der Waals surface area contributed by atoms with Crippen LogP contribution in [0.3, 0.4) is 0 Å². The zero-order valence-electron chi connectivity index (χ0n) is 13.9. The number of aryl methyl sites for hydroxylation is 1. The number of rotatable bonds is 8. The van der Waals surface area contributed by atoms with Crippen LogP contribution in [-0.2, 0) is 10.5 Å². The number of thioether (sulfide) groups is 1. The maximum Gasteiger partial charge on any atom is 0.347 e. The van der Waals surface area contributed by atoms with Crippen molar-refractivity contribution in [2.45, 2.75) is 31.6 Å². The van der Waals surface area contributed by atoms with Crippen LogP contribution in [-0.4, -0.2) is 27.5 Å². The summed E-state index contributed by atoms with van der Waals surface area (Å²) in [7, 11) is 0. The molecule has 0 bridgehead atoms. The number of aromatic hydroxyl groups is 1. The Hall–Kier alpha value is -2.14. The van der Waals surface area contributed by atoms with E-state index in [2.05, 4.69) is 31.2 Å². The lowest BCUT2D eigenvalue weighted by Gasteiger charge is -2.26. The zero-order valence-corrected chi connectivity index (χ0v) is 14.7. The van der Waals surface area contributed by atoms with Crippen LogP contribution in [0, 0.1) is 6.92 Å². The van der Waals surface area contributed by atoms with Crippen LogP contribution in [0.15, 0.2) is 48.5 Å². The summed E-state index contributed by atoms with van der Waals surface area (Å²) in [5, 5.41) is 18.8. The third-order valence-electron chi connectivity index (χ3n) is 3.75. The van der Waals surface area contributed by atoms with E-state index < -0.39 is 11.6 Å². The minimum absolute atomic E-state index is 0.119. The summed E-state index contributed by atoms with van der Waals surface area (Å²) in [6.07, 6.45) is 0.389. The predicted molar refractivity (Wildman–Crippen MR) is 96.7 cm³/mol. The molecule has 2 N–H and O–H groups in total. The average Bonchev–Trinajstić information content (AvgIpc) is 2.55. The van der Waals surface area contributed by atoms with E-state index in [1.54, 1.807) is 30.8 Å². The predicted octanol–water partition coefficient (Wildman–Crippen LogP) is 4.25. The van der Waals surface area contributed by atoms with E-state index in [1.165, 1.54) is 23.3 Å². The number of phenols is 1. The molecule has 0 amide bonds. The molecule has 0 radical (unpaired) electrons. The molecule has 2 aromatic carbocycles. The third-order valence-corrected chi connectivity index (χ3v) is 4.78. The summed E-state index contributed by atoms with van der Waals surface area (Å²) in [5.74, 6) is 1.07. The minimum Gasteiger partial charge on any atom is -0.508 e. The lowest BCUT2D eigenvalue weighted by Crippen LogP contribution is -2.42. The molecule has 2 rings (SSSR count). The van der Waals surface area contributed by atoms with Crippen molar-refractivity contribution in [3.8, 4) is 11.5 Å². The van der Waals surface area contributed by atoms with Crippen LogP contribution in [0.1, 0.15) is 24.5 Å². The number of hydrogen-bond acceptors (Lipinski definition) is 4. The number of phenolic OH excluding ortho intramolecular Hbond substituents is 1. The van der Waals surface area contributed by atoms with Gasteiger partial charge in [0.2, 0.25) is 5.60 Å². The molecule has 5 heteroatoms. The molecule has 0 aliphatic carbocycles. The molecular weight excluding hydrogens is 324 g/mol. The first-order valence-corrected chi connectivity index (χ1v) is 8.89. The molecule has 128 valence electrons. The van der Waals surface area contributed by atoms with Crippen LogP contribution in [0.4, 0.5) is 0 Å². The van der Waals surface area contributed by atoms with E-state index in [9.17, 15) is 15.0 Å². The van der Waals surface area contributed by atoms with Crippen molar-refractivity contribution >= 4 is 17.7 Å². The smallest absolute Gasteiger partial charge is 0.347 e. The van der Waals surface area contributed by atoms with E-state index in [0.29, 0.717) is 17.9 Å². The summed E-state index contributed by atoms with van der Waals surface area (Å²) in [4.78, 5) is 11.6. The Bertz CT molecular complexity index is 667. The van der Waals surface area contributed by atoms with Crippen molar-refractivity contribution in [3.63, 3.8) is 0 Å². The second-order valence-electron chi connectivity index (χ2n) is 5.92. The Morgan fingerprint density at radius 3 is 2.33 bits per heavy atom. The lowest BCUT2D eigenvalue weighted by atomic mass is 10.0. The van der Waals surface area contributed by atoms with E-state index in [-0.39, 0.29) is 5.75 Å². The van der Waals surface area contributed by atoms with Crippen LogP contribution in [0.5, 0.6) is 11.5 Å².